The molecule has 0 unspecified atom stereocenters. The highest BCUT2D eigenvalue weighted by Crippen LogP contribution is 2.16. The lowest BCUT2D eigenvalue weighted by Gasteiger charge is -2.29. The Morgan fingerprint density at radius 2 is 2.04 bits per heavy atom. The summed E-state index contributed by atoms with van der Waals surface area (Å²) in [4.78, 5) is 13.8. The molecular formula is C21H31N3O3+2. The van der Waals surface area contributed by atoms with E-state index in [4.69, 9.17) is 9.15 Å². The first-order chi connectivity index (χ1) is 13.3. The lowest BCUT2D eigenvalue weighted by molar-refractivity contribution is -0.949. The van der Waals surface area contributed by atoms with Crippen molar-refractivity contribution >= 4 is 5.91 Å². The Balaban J connectivity index is 1.47. The van der Waals surface area contributed by atoms with Gasteiger partial charge in [-0.05, 0) is 37.5 Å². The van der Waals surface area contributed by atoms with E-state index in [0.29, 0.717) is 19.1 Å². The maximum Gasteiger partial charge on any atom is 0.275 e. The van der Waals surface area contributed by atoms with E-state index in [2.05, 4.69) is 16.7 Å². The number of carbonyl (C=O) groups excluding carboxylic acids is 1. The van der Waals surface area contributed by atoms with Crippen molar-refractivity contribution in [3.63, 3.8) is 0 Å². The van der Waals surface area contributed by atoms with Crippen LogP contribution in [0, 0.1) is 0 Å². The Hall–Kier alpha value is -2.31. The summed E-state index contributed by atoms with van der Waals surface area (Å²) >= 11 is 0. The van der Waals surface area contributed by atoms with Crippen LogP contribution in [-0.4, -0.2) is 39.2 Å². The van der Waals surface area contributed by atoms with E-state index in [1.54, 1.807) is 18.3 Å². The molecule has 1 aliphatic heterocycles. The Bertz CT molecular complexity index is 696. The number of furan rings is 1. The number of hydrogen-bond donors (Lipinski definition) is 3. The summed E-state index contributed by atoms with van der Waals surface area (Å²) < 4.78 is 11.0. The van der Waals surface area contributed by atoms with Crippen LogP contribution < -0.4 is 20.3 Å². The van der Waals surface area contributed by atoms with Crippen molar-refractivity contribution in [2.75, 3.05) is 33.3 Å². The third-order valence-corrected chi connectivity index (χ3v) is 5.28. The van der Waals surface area contributed by atoms with Crippen LogP contribution in [0.15, 0.2) is 47.1 Å². The fourth-order valence-corrected chi connectivity index (χ4v) is 3.82. The maximum atomic E-state index is 12.2. The Kier molecular flexibility index (Phi) is 7.30. The van der Waals surface area contributed by atoms with Gasteiger partial charge in [0.2, 0.25) is 0 Å². The normalized spacial score (nSPS) is 16.0. The molecule has 1 saturated heterocycles. The molecule has 1 atom stereocenters. The van der Waals surface area contributed by atoms with Gasteiger partial charge in [-0.3, -0.25) is 4.79 Å². The number of nitrogens with one attached hydrogen (secondary N) is 2. The van der Waals surface area contributed by atoms with Crippen molar-refractivity contribution in [2.45, 2.75) is 31.8 Å². The minimum Gasteiger partial charge on any atom is -0.496 e. The van der Waals surface area contributed by atoms with E-state index in [1.807, 2.05) is 30.3 Å². The van der Waals surface area contributed by atoms with Gasteiger partial charge in [0.05, 0.1) is 26.5 Å². The molecule has 2 aromatic rings. The van der Waals surface area contributed by atoms with Crippen molar-refractivity contribution in [1.29, 1.82) is 0 Å². The van der Waals surface area contributed by atoms with Gasteiger partial charge in [0.25, 0.3) is 5.91 Å². The first kappa shape index (κ1) is 19.5. The average molecular weight is 373 g/mol. The van der Waals surface area contributed by atoms with Gasteiger partial charge in [-0.1, -0.05) is 18.2 Å². The number of amides is 1. The number of methoxy groups -OCH3 is 1. The summed E-state index contributed by atoms with van der Waals surface area (Å²) in [6.45, 7) is 4.11. The minimum absolute atomic E-state index is 0.0349. The van der Waals surface area contributed by atoms with E-state index in [1.165, 1.54) is 32.4 Å². The topological polar surface area (TPSA) is 72.5 Å². The molecule has 1 fully saturated rings. The molecule has 1 aromatic heterocycles. The second kappa shape index (κ2) is 10.1. The highest BCUT2D eigenvalue weighted by atomic mass is 16.5. The summed E-state index contributed by atoms with van der Waals surface area (Å²) in [5.74, 6) is 1.86. The summed E-state index contributed by atoms with van der Waals surface area (Å²) in [5.41, 5.74) is 0.986. The van der Waals surface area contributed by atoms with E-state index >= 15 is 0 Å². The Morgan fingerprint density at radius 1 is 1.22 bits per heavy atom. The number of ether oxygens (including phenoxy) is 1. The van der Waals surface area contributed by atoms with Crippen molar-refractivity contribution < 1.29 is 24.2 Å². The van der Waals surface area contributed by atoms with Crippen LogP contribution in [0.25, 0.3) is 0 Å². The number of likely N-dealkylation sites (tertiary alicyclic amines) is 1. The first-order valence-electron chi connectivity index (χ1n) is 9.86. The largest absolute Gasteiger partial charge is 0.496 e. The van der Waals surface area contributed by atoms with Crippen LogP contribution in [0.1, 0.15) is 36.6 Å². The molecule has 1 amide bonds. The molecule has 1 aromatic carbocycles. The van der Waals surface area contributed by atoms with Crippen LogP contribution in [-0.2, 0) is 11.3 Å². The zero-order valence-corrected chi connectivity index (χ0v) is 16.1. The van der Waals surface area contributed by atoms with Gasteiger partial charge >= 0.3 is 0 Å². The van der Waals surface area contributed by atoms with Gasteiger partial charge in [0.15, 0.2) is 18.3 Å². The van der Waals surface area contributed by atoms with Crippen LogP contribution in [0.4, 0.5) is 0 Å². The number of rotatable bonds is 9. The SMILES string of the molecule is COc1ccccc1CNC(=O)C[NH2+]C[C@H](c1ccco1)[NH+]1CCCCC1. The second-order valence-electron chi connectivity index (χ2n) is 7.10. The van der Waals surface area contributed by atoms with Crippen molar-refractivity contribution in [2.24, 2.45) is 0 Å². The van der Waals surface area contributed by atoms with Crippen molar-refractivity contribution in [3.05, 3.63) is 54.0 Å². The molecule has 0 aliphatic carbocycles. The van der Waals surface area contributed by atoms with Gasteiger partial charge in [-0.2, -0.15) is 0 Å². The highest BCUT2D eigenvalue weighted by molar-refractivity contribution is 5.76. The van der Waals surface area contributed by atoms with E-state index in [0.717, 1.165) is 23.6 Å². The monoisotopic (exact) mass is 373 g/mol. The summed E-state index contributed by atoms with van der Waals surface area (Å²) in [6.07, 6.45) is 5.60. The van der Waals surface area contributed by atoms with Crippen LogP contribution in [0.5, 0.6) is 5.75 Å². The van der Waals surface area contributed by atoms with E-state index in [9.17, 15) is 4.79 Å². The standard InChI is InChI=1S/C21H29N3O3/c1-26-19-9-4-3-8-17(19)14-23-21(25)16-22-15-18(20-10-7-13-27-20)24-11-5-2-6-12-24/h3-4,7-10,13,18,22H,2,5-6,11-12,14-16H2,1H3,(H,23,25)/p+2/t18-/m1/s1. The molecule has 1 aliphatic rings. The molecule has 0 bridgehead atoms. The number of hydrogen-bond acceptors (Lipinski definition) is 3. The fourth-order valence-electron chi connectivity index (χ4n) is 3.82. The van der Waals surface area contributed by atoms with Crippen molar-refractivity contribution in [3.8, 4) is 5.75 Å². The molecule has 3 rings (SSSR count). The van der Waals surface area contributed by atoms with E-state index < -0.39 is 0 Å². The lowest BCUT2D eigenvalue weighted by Crippen LogP contribution is -3.15. The van der Waals surface area contributed by atoms with Crippen molar-refractivity contribution in [1.82, 2.24) is 5.32 Å². The quantitative estimate of drug-likeness (QED) is 0.591. The van der Waals surface area contributed by atoms with Gasteiger partial charge in [-0.25, -0.2) is 0 Å². The maximum absolute atomic E-state index is 12.2. The number of carbonyl (C=O) groups is 1. The Labute approximate surface area is 160 Å². The molecule has 4 N–H and O–H groups in total. The van der Waals surface area contributed by atoms with Gasteiger partial charge in [0, 0.05) is 12.1 Å². The third kappa shape index (κ3) is 5.58. The highest BCUT2D eigenvalue weighted by Gasteiger charge is 2.29. The zero-order valence-electron chi connectivity index (χ0n) is 16.1. The summed E-state index contributed by atoms with van der Waals surface area (Å²) in [7, 11) is 1.64. The average Bonchev–Trinajstić information content (AvgIpc) is 3.25. The van der Waals surface area contributed by atoms with Crippen LogP contribution in [0.2, 0.25) is 0 Å². The van der Waals surface area contributed by atoms with Crippen LogP contribution in [0.3, 0.4) is 0 Å². The fraction of sp³-hybridized carbons (Fsp3) is 0.476. The number of para-hydroxylation sites is 1. The predicted octanol–water partition coefficient (Wildman–Crippen LogP) is 0.278. The number of quaternary nitrogens is 2. The molecule has 6 heteroatoms. The third-order valence-electron chi connectivity index (χ3n) is 5.28. The summed E-state index contributed by atoms with van der Waals surface area (Å²) in [6, 6.07) is 12.1. The number of piperidine rings is 1. The first-order valence-corrected chi connectivity index (χ1v) is 9.86. The molecule has 146 valence electrons. The second-order valence-corrected chi connectivity index (χ2v) is 7.10. The molecule has 0 radical (unpaired) electrons. The molecular weight excluding hydrogens is 342 g/mol. The molecule has 27 heavy (non-hydrogen) atoms. The Morgan fingerprint density at radius 3 is 2.78 bits per heavy atom. The molecule has 0 saturated carbocycles. The van der Waals surface area contributed by atoms with Gasteiger partial charge in [-0.15, -0.1) is 0 Å². The van der Waals surface area contributed by atoms with E-state index in [-0.39, 0.29) is 5.91 Å². The van der Waals surface area contributed by atoms with Gasteiger partial charge in [0.1, 0.15) is 12.3 Å². The summed E-state index contributed by atoms with van der Waals surface area (Å²) in [5, 5.41) is 5.07. The zero-order chi connectivity index (χ0) is 18.9. The predicted molar refractivity (Wildman–Crippen MR) is 102 cm³/mol. The number of nitrogens with two attached hydrogens (primary N) is 1. The lowest BCUT2D eigenvalue weighted by atomic mass is 10.1. The smallest absolute Gasteiger partial charge is 0.275 e. The minimum atomic E-state index is 0.0349. The van der Waals surface area contributed by atoms with Gasteiger partial charge < -0.3 is 24.7 Å². The molecule has 6 nitrogen and oxygen atoms in total. The van der Waals surface area contributed by atoms with Crippen LogP contribution >= 0.6 is 0 Å². The molecule has 0 spiro atoms. The number of benzene rings is 1. The molecule has 2 heterocycles.